The molecule has 29 heavy (non-hydrogen) atoms. The third kappa shape index (κ3) is 6.46. The van der Waals surface area contributed by atoms with Crippen LogP contribution < -0.4 is 14.2 Å². The number of ketones is 1. The van der Waals surface area contributed by atoms with Crippen LogP contribution in [0.25, 0.3) is 0 Å². The Hall–Kier alpha value is -3.13. The van der Waals surface area contributed by atoms with Crippen molar-refractivity contribution in [3.05, 3.63) is 47.5 Å². The first kappa shape index (κ1) is 22.2. The molecule has 5 heteroatoms. The number of hydrogen-bond acceptors (Lipinski definition) is 5. The lowest BCUT2D eigenvalue weighted by Gasteiger charge is -2.18. The number of aromatic hydroxyl groups is 1. The van der Waals surface area contributed by atoms with Gasteiger partial charge >= 0.3 is 0 Å². The SMILES string of the molecule is COc1ccccc1OCC#CCOc1ccc(C(=O)CC(C)(C)C)c(O)c1C. The van der Waals surface area contributed by atoms with Crippen LogP contribution >= 0.6 is 0 Å². The molecular weight excluding hydrogens is 368 g/mol. The Kier molecular flexibility index (Phi) is 7.55. The highest BCUT2D eigenvalue weighted by Crippen LogP contribution is 2.33. The van der Waals surface area contributed by atoms with Crippen LogP contribution in [0.2, 0.25) is 0 Å². The molecule has 1 N–H and O–H groups in total. The van der Waals surface area contributed by atoms with Gasteiger partial charge in [-0.15, -0.1) is 0 Å². The van der Waals surface area contributed by atoms with Crippen molar-refractivity contribution in [3.8, 4) is 34.8 Å². The van der Waals surface area contributed by atoms with Crippen LogP contribution in [-0.4, -0.2) is 31.2 Å². The fourth-order valence-corrected chi connectivity index (χ4v) is 2.71. The van der Waals surface area contributed by atoms with Crippen molar-refractivity contribution in [3.63, 3.8) is 0 Å². The summed E-state index contributed by atoms with van der Waals surface area (Å²) in [7, 11) is 1.58. The highest BCUT2D eigenvalue weighted by molar-refractivity contribution is 5.99. The molecule has 0 aliphatic rings. The number of benzene rings is 2. The molecular formula is C24H28O5. The molecule has 0 aromatic heterocycles. The summed E-state index contributed by atoms with van der Waals surface area (Å²) >= 11 is 0. The van der Waals surface area contributed by atoms with E-state index in [1.807, 2.05) is 45.0 Å². The molecule has 0 unspecified atom stereocenters. The van der Waals surface area contributed by atoms with Crippen molar-refractivity contribution < 1.29 is 24.1 Å². The van der Waals surface area contributed by atoms with Gasteiger partial charge in [-0.1, -0.05) is 44.7 Å². The van der Waals surface area contributed by atoms with Gasteiger partial charge in [-0.05, 0) is 36.6 Å². The standard InChI is InChI=1S/C24H28O5/c1-17-20(13-12-18(23(17)26)19(25)16-24(2,3)4)28-14-8-9-15-29-22-11-7-6-10-21(22)27-5/h6-7,10-13,26H,14-16H2,1-5H3. The van der Waals surface area contributed by atoms with Crippen molar-refractivity contribution in [2.45, 2.75) is 34.1 Å². The molecule has 0 heterocycles. The van der Waals surface area contributed by atoms with Gasteiger partial charge < -0.3 is 19.3 Å². The molecule has 2 aromatic rings. The zero-order chi connectivity index (χ0) is 21.4. The quantitative estimate of drug-likeness (QED) is 0.538. The van der Waals surface area contributed by atoms with Crippen LogP contribution in [0.3, 0.4) is 0 Å². The third-order valence-electron chi connectivity index (χ3n) is 4.17. The molecule has 0 amide bonds. The average molecular weight is 396 g/mol. The Morgan fingerprint density at radius 2 is 1.55 bits per heavy atom. The molecule has 0 fully saturated rings. The van der Waals surface area contributed by atoms with Gasteiger partial charge in [-0.2, -0.15) is 0 Å². The number of para-hydroxylation sites is 2. The first-order valence-electron chi connectivity index (χ1n) is 9.43. The first-order valence-corrected chi connectivity index (χ1v) is 9.43. The maximum Gasteiger partial charge on any atom is 0.167 e. The van der Waals surface area contributed by atoms with Crippen molar-refractivity contribution in [2.24, 2.45) is 5.41 Å². The number of methoxy groups -OCH3 is 1. The van der Waals surface area contributed by atoms with E-state index in [1.54, 1.807) is 26.2 Å². The van der Waals surface area contributed by atoms with Gasteiger partial charge in [-0.3, -0.25) is 4.79 Å². The second-order valence-electron chi connectivity index (χ2n) is 7.83. The van der Waals surface area contributed by atoms with Crippen LogP contribution in [0.1, 0.15) is 43.1 Å². The maximum atomic E-state index is 12.4. The number of carbonyl (C=O) groups excluding carboxylic acids is 1. The lowest BCUT2D eigenvalue weighted by atomic mass is 9.87. The van der Waals surface area contributed by atoms with Crippen LogP contribution in [-0.2, 0) is 0 Å². The lowest BCUT2D eigenvalue weighted by molar-refractivity contribution is 0.0937. The number of rotatable bonds is 7. The molecule has 154 valence electrons. The summed E-state index contributed by atoms with van der Waals surface area (Å²) in [5.74, 6) is 7.39. The fraction of sp³-hybridized carbons (Fsp3) is 0.375. The van der Waals surface area contributed by atoms with E-state index in [1.165, 1.54) is 0 Å². The summed E-state index contributed by atoms with van der Waals surface area (Å²) in [6.07, 6.45) is 0.359. The number of Topliss-reactive ketones (excluding diaryl/α,β-unsaturated/α-hetero) is 1. The number of ether oxygens (including phenoxy) is 3. The van der Waals surface area contributed by atoms with Gasteiger partial charge in [0.15, 0.2) is 17.3 Å². The van der Waals surface area contributed by atoms with Crippen LogP contribution in [0.15, 0.2) is 36.4 Å². The lowest BCUT2D eigenvalue weighted by Crippen LogP contribution is -2.13. The Balaban J connectivity index is 1.92. The second kappa shape index (κ2) is 9.88. The van der Waals surface area contributed by atoms with Gasteiger partial charge in [0.05, 0.1) is 12.7 Å². The zero-order valence-corrected chi connectivity index (χ0v) is 17.7. The second-order valence-corrected chi connectivity index (χ2v) is 7.83. The smallest absolute Gasteiger partial charge is 0.167 e. The molecule has 0 radical (unpaired) electrons. The van der Waals surface area contributed by atoms with Crippen LogP contribution in [0, 0.1) is 24.2 Å². The van der Waals surface area contributed by atoms with E-state index in [9.17, 15) is 9.90 Å². The Morgan fingerprint density at radius 1 is 0.966 bits per heavy atom. The predicted octanol–water partition coefficient (Wildman–Crippen LogP) is 4.79. The molecule has 0 bridgehead atoms. The summed E-state index contributed by atoms with van der Waals surface area (Å²) in [6.45, 7) is 8.03. The molecule has 0 spiro atoms. The van der Waals surface area contributed by atoms with Crippen LogP contribution in [0.4, 0.5) is 0 Å². The molecule has 2 aromatic carbocycles. The normalized spacial score (nSPS) is 10.7. The van der Waals surface area contributed by atoms with E-state index in [-0.39, 0.29) is 30.2 Å². The van der Waals surface area contributed by atoms with Crippen molar-refractivity contribution in [1.29, 1.82) is 0 Å². The summed E-state index contributed by atoms with van der Waals surface area (Å²) < 4.78 is 16.4. The largest absolute Gasteiger partial charge is 0.507 e. The van der Waals surface area contributed by atoms with Gasteiger partial charge in [0.2, 0.25) is 0 Å². The minimum absolute atomic E-state index is 0.0378. The van der Waals surface area contributed by atoms with E-state index >= 15 is 0 Å². The molecule has 0 aliphatic heterocycles. The number of hydrogen-bond donors (Lipinski definition) is 1. The topological polar surface area (TPSA) is 65.0 Å². The minimum Gasteiger partial charge on any atom is -0.507 e. The molecule has 0 saturated carbocycles. The molecule has 2 rings (SSSR count). The molecule has 5 nitrogen and oxygen atoms in total. The highest BCUT2D eigenvalue weighted by atomic mass is 16.5. The predicted molar refractivity (Wildman–Crippen MR) is 113 cm³/mol. The zero-order valence-electron chi connectivity index (χ0n) is 17.7. The van der Waals surface area contributed by atoms with Crippen molar-refractivity contribution >= 4 is 5.78 Å². The summed E-state index contributed by atoms with van der Waals surface area (Å²) in [6, 6.07) is 10.6. The van der Waals surface area contributed by atoms with E-state index in [0.717, 1.165) is 0 Å². The number of phenolic OH excluding ortho intramolecular Hbond substituents is 1. The fourth-order valence-electron chi connectivity index (χ4n) is 2.71. The van der Waals surface area contributed by atoms with E-state index in [2.05, 4.69) is 11.8 Å². The van der Waals surface area contributed by atoms with Crippen molar-refractivity contribution in [1.82, 2.24) is 0 Å². The Morgan fingerprint density at radius 3 is 2.14 bits per heavy atom. The third-order valence-corrected chi connectivity index (χ3v) is 4.17. The average Bonchev–Trinajstić information content (AvgIpc) is 2.66. The Labute approximate surface area is 172 Å². The summed E-state index contributed by atoms with van der Waals surface area (Å²) in [4.78, 5) is 12.4. The van der Waals surface area contributed by atoms with Crippen LogP contribution in [0.5, 0.6) is 23.0 Å². The summed E-state index contributed by atoms with van der Waals surface area (Å²) in [5.41, 5.74) is 0.700. The maximum absolute atomic E-state index is 12.4. The summed E-state index contributed by atoms with van der Waals surface area (Å²) in [5, 5.41) is 10.4. The van der Waals surface area contributed by atoms with Crippen molar-refractivity contribution in [2.75, 3.05) is 20.3 Å². The molecule has 0 saturated heterocycles. The van der Waals surface area contributed by atoms with Gasteiger partial charge in [0, 0.05) is 12.0 Å². The molecule has 0 atom stereocenters. The monoisotopic (exact) mass is 396 g/mol. The number of phenols is 1. The van der Waals surface area contributed by atoms with Gasteiger partial charge in [0.1, 0.15) is 24.7 Å². The van der Waals surface area contributed by atoms with E-state index < -0.39 is 0 Å². The van der Waals surface area contributed by atoms with E-state index in [0.29, 0.717) is 34.8 Å². The molecule has 0 aliphatic carbocycles. The highest BCUT2D eigenvalue weighted by Gasteiger charge is 2.21. The Bertz CT molecular complexity index is 913. The van der Waals surface area contributed by atoms with Gasteiger partial charge in [0.25, 0.3) is 0 Å². The number of carbonyl (C=O) groups is 1. The van der Waals surface area contributed by atoms with E-state index in [4.69, 9.17) is 14.2 Å². The van der Waals surface area contributed by atoms with Gasteiger partial charge in [-0.25, -0.2) is 0 Å². The minimum atomic E-state index is -0.145. The first-order chi connectivity index (χ1) is 13.7.